The number of rotatable bonds is 10. The first-order valence-corrected chi connectivity index (χ1v) is 8.36. The molecule has 1 aromatic rings. The Morgan fingerprint density at radius 2 is 1.60 bits per heavy atom. The number of aryl methyl sites for hydroxylation is 1. The van der Waals surface area contributed by atoms with E-state index in [1.165, 1.54) is 62.5 Å². The molecule has 0 saturated heterocycles. The molecule has 0 N–H and O–H groups in total. The molecule has 1 rings (SSSR count). The van der Waals surface area contributed by atoms with Gasteiger partial charge in [-0.1, -0.05) is 71.4 Å². The Morgan fingerprint density at radius 1 is 0.950 bits per heavy atom. The molecule has 114 valence electrons. The van der Waals surface area contributed by atoms with Gasteiger partial charge in [0.2, 0.25) is 0 Å². The summed E-state index contributed by atoms with van der Waals surface area (Å²) in [5.41, 5.74) is 2.88. The van der Waals surface area contributed by atoms with Gasteiger partial charge >= 0.3 is 0 Å². The van der Waals surface area contributed by atoms with Crippen molar-refractivity contribution in [3.63, 3.8) is 0 Å². The highest BCUT2D eigenvalue weighted by Gasteiger charge is 2.12. The van der Waals surface area contributed by atoms with Crippen molar-refractivity contribution in [1.29, 1.82) is 0 Å². The van der Waals surface area contributed by atoms with Crippen LogP contribution in [0.5, 0.6) is 5.75 Å². The van der Waals surface area contributed by atoms with Crippen LogP contribution in [0.4, 0.5) is 0 Å². The third kappa shape index (κ3) is 5.56. The zero-order valence-electron chi connectivity index (χ0n) is 13.9. The largest absolute Gasteiger partial charge is 0.496 e. The van der Waals surface area contributed by atoms with Gasteiger partial charge in [0, 0.05) is 0 Å². The SMILES string of the molecule is CCCCCCCCCc1cccc(OC)c1C(C)C. The Kier molecular flexibility index (Phi) is 8.41. The fourth-order valence-electron chi connectivity index (χ4n) is 2.91. The van der Waals surface area contributed by atoms with Crippen LogP contribution in [0.15, 0.2) is 18.2 Å². The lowest BCUT2D eigenvalue weighted by Gasteiger charge is -2.16. The third-order valence-corrected chi connectivity index (χ3v) is 4.00. The van der Waals surface area contributed by atoms with E-state index in [1.54, 1.807) is 7.11 Å². The molecule has 0 aliphatic carbocycles. The first-order chi connectivity index (χ1) is 9.70. The molecule has 1 nitrogen and oxygen atoms in total. The molecule has 0 aliphatic heterocycles. The van der Waals surface area contributed by atoms with Crippen molar-refractivity contribution in [3.8, 4) is 5.75 Å². The Labute approximate surface area is 125 Å². The van der Waals surface area contributed by atoms with Crippen LogP contribution in [-0.4, -0.2) is 7.11 Å². The Morgan fingerprint density at radius 3 is 2.20 bits per heavy atom. The maximum Gasteiger partial charge on any atom is 0.122 e. The average molecular weight is 276 g/mol. The number of unbranched alkanes of at least 4 members (excludes halogenated alkanes) is 6. The fourth-order valence-corrected chi connectivity index (χ4v) is 2.91. The second-order valence-electron chi connectivity index (χ2n) is 6.06. The van der Waals surface area contributed by atoms with Crippen molar-refractivity contribution in [2.24, 2.45) is 0 Å². The molecule has 0 radical (unpaired) electrons. The highest BCUT2D eigenvalue weighted by atomic mass is 16.5. The zero-order valence-corrected chi connectivity index (χ0v) is 13.9. The molecule has 1 aromatic carbocycles. The monoisotopic (exact) mass is 276 g/mol. The highest BCUT2D eigenvalue weighted by molar-refractivity contribution is 5.42. The fraction of sp³-hybridized carbons (Fsp3) is 0.684. The smallest absolute Gasteiger partial charge is 0.122 e. The molecule has 1 heteroatoms. The lowest BCUT2D eigenvalue weighted by molar-refractivity contribution is 0.406. The van der Waals surface area contributed by atoms with Crippen LogP contribution in [0.25, 0.3) is 0 Å². The number of ether oxygens (including phenoxy) is 1. The van der Waals surface area contributed by atoms with Gasteiger partial charge in [0.25, 0.3) is 0 Å². The lowest BCUT2D eigenvalue weighted by atomic mass is 9.92. The molecule has 0 saturated carbocycles. The van der Waals surface area contributed by atoms with E-state index in [0.717, 1.165) is 5.75 Å². The van der Waals surface area contributed by atoms with Crippen LogP contribution in [0.3, 0.4) is 0 Å². The maximum absolute atomic E-state index is 5.52. The van der Waals surface area contributed by atoms with Gasteiger partial charge in [0.15, 0.2) is 0 Å². The van der Waals surface area contributed by atoms with Crippen LogP contribution in [0.2, 0.25) is 0 Å². The van der Waals surface area contributed by atoms with Crippen molar-refractivity contribution < 1.29 is 4.74 Å². The summed E-state index contributed by atoms with van der Waals surface area (Å²) in [5.74, 6) is 1.59. The summed E-state index contributed by atoms with van der Waals surface area (Å²) < 4.78 is 5.52. The minimum Gasteiger partial charge on any atom is -0.496 e. The Hall–Kier alpha value is -0.980. The van der Waals surface area contributed by atoms with Crippen molar-refractivity contribution in [2.75, 3.05) is 7.11 Å². The standard InChI is InChI=1S/C19H32O/c1-5-6-7-8-9-10-11-13-17-14-12-15-18(20-4)19(17)16(2)3/h12,14-16H,5-11,13H2,1-4H3. The average Bonchev–Trinajstić information content (AvgIpc) is 2.45. The molecule has 0 spiro atoms. The lowest BCUT2D eigenvalue weighted by Crippen LogP contribution is -2.00. The summed E-state index contributed by atoms with van der Waals surface area (Å²) >= 11 is 0. The van der Waals surface area contributed by atoms with Crippen molar-refractivity contribution in [1.82, 2.24) is 0 Å². The summed E-state index contributed by atoms with van der Waals surface area (Å²) in [5, 5.41) is 0. The van der Waals surface area contributed by atoms with Crippen LogP contribution in [0, 0.1) is 0 Å². The van der Waals surface area contributed by atoms with Crippen molar-refractivity contribution >= 4 is 0 Å². The molecule has 0 aliphatic rings. The molecular formula is C19H32O. The topological polar surface area (TPSA) is 9.23 Å². The molecule has 0 aromatic heterocycles. The van der Waals surface area contributed by atoms with Crippen molar-refractivity contribution in [2.45, 2.75) is 78.1 Å². The maximum atomic E-state index is 5.52. The summed E-state index contributed by atoms with van der Waals surface area (Å²) in [4.78, 5) is 0. The van der Waals surface area contributed by atoms with Gasteiger partial charge in [-0.3, -0.25) is 0 Å². The normalized spacial score (nSPS) is 11.1. The minimum absolute atomic E-state index is 0.533. The molecule has 0 unspecified atom stereocenters. The zero-order chi connectivity index (χ0) is 14.8. The quantitative estimate of drug-likeness (QED) is 0.468. The molecule has 0 bridgehead atoms. The molecular weight excluding hydrogens is 244 g/mol. The van der Waals surface area contributed by atoms with E-state index in [9.17, 15) is 0 Å². The number of methoxy groups -OCH3 is 1. The molecule has 0 fully saturated rings. The van der Waals surface area contributed by atoms with Crippen LogP contribution >= 0.6 is 0 Å². The minimum atomic E-state index is 0.533. The second kappa shape index (κ2) is 9.85. The van der Waals surface area contributed by atoms with E-state index >= 15 is 0 Å². The van der Waals surface area contributed by atoms with E-state index in [0.29, 0.717) is 5.92 Å². The van der Waals surface area contributed by atoms with Crippen LogP contribution in [-0.2, 0) is 6.42 Å². The van der Waals surface area contributed by atoms with E-state index in [2.05, 4.69) is 39.0 Å². The predicted octanol–water partition coefficient (Wildman–Crippen LogP) is 6.11. The van der Waals surface area contributed by atoms with E-state index < -0.39 is 0 Å². The summed E-state index contributed by atoms with van der Waals surface area (Å²) in [6.45, 7) is 6.79. The number of hydrogen-bond donors (Lipinski definition) is 0. The van der Waals surface area contributed by atoms with Gasteiger partial charge < -0.3 is 4.74 Å². The summed E-state index contributed by atoms with van der Waals surface area (Å²) in [6, 6.07) is 6.49. The van der Waals surface area contributed by atoms with Gasteiger partial charge in [-0.25, -0.2) is 0 Å². The van der Waals surface area contributed by atoms with Crippen LogP contribution in [0.1, 0.15) is 82.8 Å². The van der Waals surface area contributed by atoms with Gasteiger partial charge in [0.05, 0.1) is 7.11 Å². The first-order valence-electron chi connectivity index (χ1n) is 8.36. The van der Waals surface area contributed by atoms with E-state index in [4.69, 9.17) is 4.74 Å². The summed E-state index contributed by atoms with van der Waals surface area (Å²) in [6.07, 6.45) is 10.8. The second-order valence-corrected chi connectivity index (χ2v) is 6.06. The Balaban J connectivity index is 2.43. The third-order valence-electron chi connectivity index (χ3n) is 4.00. The first kappa shape index (κ1) is 17.1. The van der Waals surface area contributed by atoms with Crippen LogP contribution < -0.4 is 4.74 Å². The van der Waals surface area contributed by atoms with Gasteiger partial charge in [-0.05, 0) is 36.0 Å². The highest BCUT2D eigenvalue weighted by Crippen LogP contribution is 2.30. The molecule has 20 heavy (non-hydrogen) atoms. The summed E-state index contributed by atoms with van der Waals surface area (Å²) in [7, 11) is 1.78. The molecule has 0 atom stereocenters. The van der Waals surface area contributed by atoms with Crippen molar-refractivity contribution in [3.05, 3.63) is 29.3 Å². The van der Waals surface area contributed by atoms with E-state index in [1.807, 2.05) is 0 Å². The van der Waals surface area contributed by atoms with Gasteiger partial charge in [0.1, 0.15) is 5.75 Å². The Bertz CT molecular complexity index is 368. The number of hydrogen-bond acceptors (Lipinski definition) is 1. The van der Waals surface area contributed by atoms with E-state index in [-0.39, 0.29) is 0 Å². The molecule has 0 amide bonds. The van der Waals surface area contributed by atoms with Gasteiger partial charge in [-0.15, -0.1) is 0 Å². The predicted molar refractivity (Wildman–Crippen MR) is 88.8 cm³/mol. The molecule has 0 heterocycles. The van der Waals surface area contributed by atoms with Gasteiger partial charge in [-0.2, -0.15) is 0 Å². The number of benzene rings is 1.